The number of halogens is 1. The Morgan fingerprint density at radius 1 is 0.844 bits per heavy atom. The fraction of sp³-hybridized carbons (Fsp3) is 0.0769. The van der Waals surface area contributed by atoms with Gasteiger partial charge in [0.2, 0.25) is 0 Å². The zero-order chi connectivity index (χ0) is 21.9. The largest absolute Gasteiger partial charge is 0.497 e. The Balaban J connectivity index is 1.51. The van der Waals surface area contributed by atoms with Crippen molar-refractivity contribution >= 4 is 34.1 Å². The summed E-state index contributed by atoms with van der Waals surface area (Å²) < 4.78 is 7.40. The number of ether oxygens (including phenoxy) is 1. The smallest absolute Gasteiger partial charge is 0.196 e. The predicted octanol–water partition coefficient (Wildman–Crippen LogP) is 7.04. The molecule has 1 aromatic heterocycles. The molecule has 0 spiro atoms. The van der Waals surface area contributed by atoms with Crippen molar-refractivity contribution in [3.8, 4) is 22.8 Å². The molecule has 4 aromatic carbocycles. The van der Waals surface area contributed by atoms with Crippen molar-refractivity contribution in [2.75, 3.05) is 7.11 Å². The van der Waals surface area contributed by atoms with Gasteiger partial charge in [-0.05, 0) is 64.9 Å². The second-order valence-electron chi connectivity index (χ2n) is 7.32. The second kappa shape index (κ2) is 9.07. The lowest BCUT2D eigenvalue weighted by atomic mass is 10.1. The first-order valence-corrected chi connectivity index (χ1v) is 11.5. The number of aromatic nitrogens is 3. The van der Waals surface area contributed by atoms with Crippen LogP contribution in [0.15, 0.2) is 96.2 Å². The summed E-state index contributed by atoms with van der Waals surface area (Å²) in [7, 11) is 1.66. The van der Waals surface area contributed by atoms with Crippen LogP contribution in [0, 0.1) is 0 Å². The molecule has 5 rings (SSSR count). The van der Waals surface area contributed by atoms with E-state index in [2.05, 4.69) is 57.2 Å². The van der Waals surface area contributed by atoms with Gasteiger partial charge < -0.3 is 4.74 Å². The SMILES string of the molecule is COc1ccc(-n2c(SCc3ccc4ccccc4c3)nnc2-c2ccc(Cl)cc2)cc1. The molecule has 5 aromatic rings. The van der Waals surface area contributed by atoms with Crippen LogP contribution in [0.1, 0.15) is 5.56 Å². The van der Waals surface area contributed by atoms with Crippen molar-refractivity contribution < 1.29 is 4.74 Å². The van der Waals surface area contributed by atoms with Gasteiger partial charge >= 0.3 is 0 Å². The highest BCUT2D eigenvalue weighted by Gasteiger charge is 2.16. The Morgan fingerprint density at radius 2 is 1.59 bits per heavy atom. The average Bonchev–Trinajstić information content (AvgIpc) is 3.27. The Labute approximate surface area is 195 Å². The molecule has 0 amide bonds. The van der Waals surface area contributed by atoms with Crippen LogP contribution in [-0.4, -0.2) is 21.9 Å². The van der Waals surface area contributed by atoms with Gasteiger partial charge in [-0.15, -0.1) is 10.2 Å². The molecule has 0 N–H and O–H groups in total. The molecule has 32 heavy (non-hydrogen) atoms. The van der Waals surface area contributed by atoms with Gasteiger partial charge in [-0.1, -0.05) is 65.8 Å². The maximum absolute atomic E-state index is 6.09. The van der Waals surface area contributed by atoms with Crippen molar-refractivity contribution in [3.05, 3.63) is 102 Å². The Hall–Kier alpha value is -3.28. The summed E-state index contributed by atoms with van der Waals surface area (Å²) in [6.07, 6.45) is 0. The number of benzene rings is 4. The minimum atomic E-state index is 0.690. The van der Waals surface area contributed by atoms with E-state index >= 15 is 0 Å². The number of hydrogen-bond donors (Lipinski definition) is 0. The summed E-state index contributed by atoms with van der Waals surface area (Å²) in [4.78, 5) is 0. The van der Waals surface area contributed by atoms with Crippen LogP contribution in [0.2, 0.25) is 5.02 Å². The number of methoxy groups -OCH3 is 1. The molecule has 0 radical (unpaired) electrons. The van der Waals surface area contributed by atoms with E-state index in [9.17, 15) is 0 Å². The molecule has 0 aliphatic rings. The second-order valence-corrected chi connectivity index (χ2v) is 8.70. The summed E-state index contributed by atoms with van der Waals surface area (Å²) in [6, 6.07) is 30.5. The van der Waals surface area contributed by atoms with Crippen molar-refractivity contribution in [2.24, 2.45) is 0 Å². The monoisotopic (exact) mass is 457 g/mol. The van der Waals surface area contributed by atoms with E-state index in [1.54, 1.807) is 18.9 Å². The molecule has 1 heterocycles. The highest BCUT2D eigenvalue weighted by atomic mass is 35.5. The van der Waals surface area contributed by atoms with E-state index in [-0.39, 0.29) is 0 Å². The van der Waals surface area contributed by atoms with E-state index in [1.807, 2.05) is 48.5 Å². The van der Waals surface area contributed by atoms with E-state index in [1.165, 1.54) is 16.3 Å². The van der Waals surface area contributed by atoms with Gasteiger partial charge in [0.1, 0.15) is 5.75 Å². The molecule has 0 fully saturated rings. The standard InChI is InChI=1S/C26H20ClN3OS/c1-31-24-14-12-23(13-15-24)30-25(20-8-10-22(27)11-9-20)28-29-26(30)32-17-18-6-7-19-4-2-3-5-21(19)16-18/h2-16H,17H2,1H3. The van der Waals surface area contributed by atoms with Gasteiger partial charge in [-0.3, -0.25) is 4.57 Å². The van der Waals surface area contributed by atoms with E-state index < -0.39 is 0 Å². The third kappa shape index (κ3) is 4.22. The molecule has 0 saturated heterocycles. The molecule has 0 aliphatic heterocycles. The molecular weight excluding hydrogens is 438 g/mol. The van der Waals surface area contributed by atoms with Crippen LogP contribution in [0.25, 0.3) is 27.8 Å². The van der Waals surface area contributed by atoms with Crippen LogP contribution in [0.4, 0.5) is 0 Å². The molecule has 0 atom stereocenters. The maximum Gasteiger partial charge on any atom is 0.196 e. The molecular formula is C26H20ClN3OS. The zero-order valence-corrected chi connectivity index (χ0v) is 19.0. The van der Waals surface area contributed by atoms with Crippen LogP contribution >= 0.6 is 23.4 Å². The van der Waals surface area contributed by atoms with Crippen LogP contribution in [-0.2, 0) is 5.75 Å². The van der Waals surface area contributed by atoms with Gasteiger partial charge in [0, 0.05) is 22.0 Å². The Bertz CT molecular complexity index is 1360. The molecule has 0 bridgehead atoms. The third-order valence-electron chi connectivity index (χ3n) is 5.25. The summed E-state index contributed by atoms with van der Waals surface area (Å²) in [6.45, 7) is 0. The van der Waals surface area contributed by atoms with E-state index in [4.69, 9.17) is 16.3 Å². The first-order valence-electron chi connectivity index (χ1n) is 10.2. The first-order chi connectivity index (χ1) is 15.7. The topological polar surface area (TPSA) is 39.9 Å². The lowest BCUT2D eigenvalue weighted by Crippen LogP contribution is -2.00. The average molecular weight is 458 g/mol. The maximum atomic E-state index is 6.09. The van der Waals surface area contributed by atoms with E-state index in [0.29, 0.717) is 5.02 Å². The first kappa shape index (κ1) is 20.6. The van der Waals surface area contributed by atoms with Gasteiger partial charge in [0.15, 0.2) is 11.0 Å². The molecule has 0 aliphatic carbocycles. The normalized spacial score (nSPS) is 11.1. The molecule has 4 nitrogen and oxygen atoms in total. The lowest BCUT2D eigenvalue weighted by Gasteiger charge is -2.11. The minimum absolute atomic E-state index is 0.690. The number of rotatable bonds is 6. The summed E-state index contributed by atoms with van der Waals surface area (Å²) in [5.41, 5.74) is 3.17. The lowest BCUT2D eigenvalue weighted by molar-refractivity contribution is 0.414. The van der Waals surface area contributed by atoms with Crippen molar-refractivity contribution in [1.29, 1.82) is 0 Å². The van der Waals surface area contributed by atoms with Gasteiger partial charge in [0.05, 0.1) is 7.11 Å². The van der Waals surface area contributed by atoms with Crippen molar-refractivity contribution in [3.63, 3.8) is 0 Å². The highest BCUT2D eigenvalue weighted by molar-refractivity contribution is 7.98. The fourth-order valence-corrected chi connectivity index (χ4v) is 4.61. The Morgan fingerprint density at radius 3 is 2.34 bits per heavy atom. The molecule has 158 valence electrons. The van der Waals surface area contributed by atoms with Gasteiger partial charge in [-0.25, -0.2) is 0 Å². The van der Waals surface area contributed by atoms with Crippen LogP contribution in [0.5, 0.6) is 5.75 Å². The molecule has 0 unspecified atom stereocenters. The number of thioether (sulfide) groups is 1. The summed E-state index contributed by atoms with van der Waals surface area (Å²) in [5.74, 6) is 2.37. The Kier molecular flexibility index (Phi) is 5.84. The predicted molar refractivity (Wildman–Crippen MR) is 132 cm³/mol. The number of fused-ring (bicyclic) bond motifs is 1. The number of nitrogens with zero attached hydrogens (tertiary/aromatic N) is 3. The zero-order valence-electron chi connectivity index (χ0n) is 17.4. The van der Waals surface area contributed by atoms with Crippen molar-refractivity contribution in [2.45, 2.75) is 10.9 Å². The minimum Gasteiger partial charge on any atom is -0.497 e. The number of hydrogen-bond acceptors (Lipinski definition) is 4. The summed E-state index contributed by atoms with van der Waals surface area (Å²) >= 11 is 7.76. The highest BCUT2D eigenvalue weighted by Crippen LogP contribution is 2.31. The van der Waals surface area contributed by atoms with Crippen molar-refractivity contribution in [1.82, 2.24) is 14.8 Å². The van der Waals surface area contributed by atoms with Crippen LogP contribution < -0.4 is 4.74 Å². The molecule has 6 heteroatoms. The van der Waals surface area contributed by atoms with Gasteiger partial charge in [-0.2, -0.15) is 0 Å². The molecule has 0 saturated carbocycles. The van der Waals surface area contributed by atoms with Gasteiger partial charge in [0.25, 0.3) is 0 Å². The van der Waals surface area contributed by atoms with E-state index in [0.717, 1.165) is 33.7 Å². The third-order valence-corrected chi connectivity index (χ3v) is 6.50. The quantitative estimate of drug-likeness (QED) is 0.256. The van der Waals surface area contributed by atoms with Crippen LogP contribution in [0.3, 0.4) is 0 Å². The summed E-state index contributed by atoms with van der Waals surface area (Å²) in [5, 5.41) is 13.0. The fourth-order valence-electron chi connectivity index (χ4n) is 3.59.